The fraction of sp³-hybridized carbons (Fsp3) is 0.0980. The average Bonchev–Trinajstić information content (AvgIpc) is 3.49. The van der Waals surface area contributed by atoms with Crippen LogP contribution >= 0.6 is 0 Å². The first-order chi connectivity index (χ1) is 27.6. The quantitative estimate of drug-likeness (QED) is 0.0631. The van der Waals surface area contributed by atoms with Crippen molar-refractivity contribution in [1.82, 2.24) is 0 Å². The summed E-state index contributed by atoms with van der Waals surface area (Å²) in [6.45, 7) is 4.76. The number of nitrogen functional groups attached to an aromatic ring is 1. The molecule has 6 nitrogen and oxygen atoms in total. The van der Waals surface area contributed by atoms with Gasteiger partial charge in [0.05, 0.1) is 5.56 Å². The Morgan fingerprint density at radius 1 is 0.491 bits per heavy atom. The van der Waals surface area contributed by atoms with Gasteiger partial charge in [0.1, 0.15) is 5.69 Å². The first kappa shape index (κ1) is 35.5. The Morgan fingerprint density at radius 2 is 0.947 bits per heavy atom. The Kier molecular flexibility index (Phi) is 8.62. The summed E-state index contributed by atoms with van der Waals surface area (Å²) in [5.74, 6) is -2.31. The number of hydrogen-bond donors (Lipinski definition) is 5. The molecular formula is C51H42N2O4. The second-order valence-corrected chi connectivity index (χ2v) is 15.4. The molecular weight excluding hydrogens is 705 g/mol. The van der Waals surface area contributed by atoms with Crippen LogP contribution in [0, 0.1) is 5.92 Å². The molecule has 2 aliphatic carbocycles. The van der Waals surface area contributed by atoms with E-state index in [1.54, 1.807) is 12.1 Å². The number of aromatic hydroxyl groups is 4. The summed E-state index contributed by atoms with van der Waals surface area (Å²) in [4.78, 5) is 2.41. The molecule has 0 saturated carbocycles. The highest BCUT2D eigenvalue weighted by Gasteiger charge is 2.44. The maximum Gasteiger partial charge on any atom is 0.203 e. The highest BCUT2D eigenvalue weighted by atomic mass is 16.3. The molecule has 0 saturated heterocycles. The SMILES string of the molecule is CC1(C)c2ccccc2C2=CC=C(N(c3ccc(-c4ccccc4)cc3)c3ccc(-c4ccc(-c5ccc(-c6c(O)c(N)c(O)c(O)c6O)cc5)cc4)cc3)CC21. The zero-order valence-corrected chi connectivity index (χ0v) is 31.7. The number of nitrogens with two attached hydrogens (primary N) is 1. The first-order valence-electron chi connectivity index (χ1n) is 19.1. The number of phenols is 4. The Morgan fingerprint density at radius 3 is 1.49 bits per heavy atom. The fourth-order valence-electron chi connectivity index (χ4n) is 8.65. The lowest BCUT2D eigenvalue weighted by atomic mass is 9.74. The molecule has 6 N–H and O–H groups in total. The summed E-state index contributed by atoms with van der Waals surface area (Å²) in [6, 6.07) is 52.5. The summed E-state index contributed by atoms with van der Waals surface area (Å²) in [5, 5.41) is 40.9. The second kappa shape index (κ2) is 13.8. The average molecular weight is 747 g/mol. The van der Waals surface area contributed by atoms with Gasteiger partial charge in [-0.25, -0.2) is 0 Å². The van der Waals surface area contributed by atoms with Gasteiger partial charge in [-0.15, -0.1) is 0 Å². The monoisotopic (exact) mass is 746 g/mol. The third-order valence-electron chi connectivity index (χ3n) is 11.9. The number of nitrogens with zero attached hydrogens (tertiary/aromatic N) is 1. The van der Waals surface area contributed by atoms with Crippen LogP contribution in [-0.2, 0) is 5.41 Å². The van der Waals surface area contributed by atoms with Crippen molar-refractivity contribution in [2.75, 3.05) is 10.6 Å². The Bertz CT molecular complexity index is 2670. The van der Waals surface area contributed by atoms with E-state index in [0.29, 0.717) is 11.5 Å². The highest BCUT2D eigenvalue weighted by Crippen LogP contribution is 2.55. The van der Waals surface area contributed by atoms with Gasteiger partial charge in [-0.1, -0.05) is 147 Å². The molecule has 1 atom stereocenters. The number of phenolic OH excluding ortho intramolecular Hbond substituents is 4. The van der Waals surface area contributed by atoms with Gasteiger partial charge in [-0.2, -0.15) is 0 Å². The van der Waals surface area contributed by atoms with E-state index in [1.165, 1.54) is 33.5 Å². The van der Waals surface area contributed by atoms with Crippen molar-refractivity contribution in [3.05, 3.63) is 181 Å². The van der Waals surface area contributed by atoms with Crippen LogP contribution in [0.25, 0.3) is 50.1 Å². The lowest BCUT2D eigenvalue weighted by molar-refractivity contribution is 0.364. The van der Waals surface area contributed by atoms with E-state index in [-0.39, 0.29) is 11.0 Å². The number of fused-ring (bicyclic) bond motifs is 3. The molecule has 2 aliphatic rings. The van der Waals surface area contributed by atoms with Crippen LogP contribution in [-0.4, -0.2) is 20.4 Å². The molecule has 7 aromatic rings. The maximum atomic E-state index is 10.5. The highest BCUT2D eigenvalue weighted by molar-refractivity contribution is 5.89. The molecule has 0 bridgehead atoms. The van der Waals surface area contributed by atoms with E-state index in [9.17, 15) is 20.4 Å². The standard InChI is InChI=1S/C51H42N2O4/c1-51(2)43-11-7-6-10-41(43)42-29-28-40(30-44(42)51)53(38-24-20-35(21-25-38)31-8-4-3-5-9-31)39-26-22-36(23-27-39)33-14-12-32(13-15-33)34-16-18-37(19-17-34)45-47(54)46(52)49(56)50(57)48(45)55/h3-29,44,54-57H,30,52H2,1-2H3. The largest absolute Gasteiger partial charge is 0.505 e. The summed E-state index contributed by atoms with van der Waals surface area (Å²) < 4.78 is 0. The zero-order valence-electron chi connectivity index (χ0n) is 31.7. The molecule has 0 radical (unpaired) electrons. The first-order valence-corrected chi connectivity index (χ1v) is 19.1. The molecule has 7 aromatic carbocycles. The van der Waals surface area contributed by atoms with Crippen molar-refractivity contribution in [1.29, 1.82) is 0 Å². The Hall–Kier alpha value is -7.18. The molecule has 9 rings (SSSR count). The number of rotatable bonds is 7. The summed E-state index contributed by atoms with van der Waals surface area (Å²) >= 11 is 0. The molecule has 0 fully saturated rings. The lowest BCUT2D eigenvalue weighted by Gasteiger charge is -2.36. The van der Waals surface area contributed by atoms with E-state index in [1.807, 2.05) is 18.2 Å². The molecule has 0 aromatic heterocycles. The van der Waals surface area contributed by atoms with Gasteiger partial charge < -0.3 is 31.1 Å². The van der Waals surface area contributed by atoms with Crippen LogP contribution in [0.15, 0.2) is 170 Å². The van der Waals surface area contributed by atoms with Crippen molar-refractivity contribution >= 4 is 22.6 Å². The molecule has 0 amide bonds. The van der Waals surface area contributed by atoms with E-state index in [2.05, 4.69) is 152 Å². The molecule has 0 aliphatic heterocycles. The summed E-state index contributed by atoms with van der Waals surface area (Å²) in [6.07, 6.45) is 5.57. The van der Waals surface area contributed by atoms with Gasteiger partial charge in [-0.05, 0) is 104 Å². The molecule has 0 heterocycles. The van der Waals surface area contributed by atoms with Gasteiger partial charge >= 0.3 is 0 Å². The van der Waals surface area contributed by atoms with Crippen LogP contribution in [0.5, 0.6) is 23.0 Å². The minimum absolute atomic E-state index is 0.0139. The number of anilines is 3. The van der Waals surface area contributed by atoms with Crippen LogP contribution in [0.1, 0.15) is 31.4 Å². The smallest absolute Gasteiger partial charge is 0.203 e. The predicted octanol–water partition coefficient (Wildman–Crippen LogP) is 12.2. The normalized spacial score (nSPS) is 15.3. The van der Waals surface area contributed by atoms with Crippen molar-refractivity contribution < 1.29 is 20.4 Å². The zero-order chi connectivity index (χ0) is 39.4. The van der Waals surface area contributed by atoms with Crippen LogP contribution in [0.3, 0.4) is 0 Å². The van der Waals surface area contributed by atoms with Gasteiger partial charge in [0.15, 0.2) is 17.2 Å². The van der Waals surface area contributed by atoms with Crippen molar-refractivity contribution in [3.8, 4) is 67.5 Å². The third-order valence-corrected chi connectivity index (χ3v) is 11.9. The van der Waals surface area contributed by atoms with Crippen molar-refractivity contribution in [2.45, 2.75) is 25.7 Å². The van der Waals surface area contributed by atoms with Gasteiger partial charge in [0.2, 0.25) is 5.75 Å². The van der Waals surface area contributed by atoms with Gasteiger partial charge in [0, 0.05) is 17.1 Å². The number of benzene rings is 7. The lowest BCUT2D eigenvalue weighted by Crippen LogP contribution is -2.28. The predicted molar refractivity (Wildman–Crippen MR) is 231 cm³/mol. The Labute approximate surface area is 332 Å². The Balaban J connectivity index is 1.01. The minimum Gasteiger partial charge on any atom is -0.505 e. The number of hydrogen-bond acceptors (Lipinski definition) is 6. The number of allylic oxidation sites excluding steroid dienone is 4. The molecule has 280 valence electrons. The maximum absolute atomic E-state index is 10.5. The van der Waals surface area contributed by atoms with Gasteiger partial charge in [-0.3, -0.25) is 0 Å². The minimum atomic E-state index is -0.778. The molecule has 57 heavy (non-hydrogen) atoms. The third kappa shape index (κ3) is 6.07. The van der Waals surface area contributed by atoms with E-state index < -0.39 is 28.7 Å². The van der Waals surface area contributed by atoms with Crippen LogP contribution in [0.2, 0.25) is 0 Å². The summed E-state index contributed by atoms with van der Waals surface area (Å²) in [7, 11) is 0. The van der Waals surface area contributed by atoms with Crippen molar-refractivity contribution in [2.24, 2.45) is 5.92 Å². The molecule has 6 heteroatoms. The van der Waals surface area contributed by atoms with E-state index >= 15 is 0 Å². The van der Waals surface area contributed by atoms with E-state index in [0.717, 1.165) is 40.0 Å². The van der Waals surface area contributed by atoms with Crippen LogP contribution in [0.4, 0.5) is 17.1 Å². The topological polar surface area (TPSA) is 110 Å². The van der Waals surface area contributed by atoms with Crippen LogP contribution < -0.4 is 10.6 Å². The second-order valence-electron chi connectivity index (χ2n) is 15.4. The molecule has 1 unspecified atom stereocenters. The van der Waals surface area contributed by atoms with Crippen molar-refractivity contribution in [3.63, 3.8) is 0 Å². The van der Waals surface area contributed by atoms with E-state index in [4.69, 9.17) is 5.73 Å². The van der Waals surface area contributed by atoms with Gasteiger partial charge in [0.25, 0.3) is 0 Å². The fourth-order valence-corrected chi connectivity index (χ4v) is 8.65. The molecule has 0 spiro atoms. The summed E-state index contributed by atoms with van der Waals surface area (Å²) in [5.41, 5.74) is 19.9.